The Labute approximate surface area is 198 Å². The molecule has 1 aliphatic heterocycles. The molecule has 0 spiro atoms. The summed E-state index contributed by atoms with van der Waals surface area (Å²) in [7, 11) is 0. The van der Waals surface area contributed by atoms with Crippen molar-refractivity contribution in [3.63, 3.8) is 0 Å². The van der Waals surface area contributed by atoms with Crippen LogP contribution < -0.4 is 5.32 Å². The Morgan fingerprint density at radius 1 is 1.06 bits per heavy atom. The molecule has 2 aromatic carbocycles. The summed E-state index contributed by atoms with van der Waals surface area (Å²) < 4.78 is 1.80. The number of nitrogens with one attached hydrogen (secondary N) is 1. The van der Waals surface area contributed by atoms with E-state index in [-0.39, 0.29) is 11.8 Å². The van der Waals surface area contributed by atoms with Gasteiger partial charge in [-0.3, -0.25) is 9.59 Å². The number of pyridine rings is 1. The SMILES string of the molecule is Cc1nn(-c2ccccc2)c2nc(-c3ccccc3)cc(C(=O)NCCCN3CCCC3=O)c12. The van der Waals surface area contributed by atoms with E-state index in [1.54, 1.807) is 4.68 Å². The zero-order valence-electron chi connectivity index (χ0n) is 19.2. The Morgan fingerprint density at radius 3 is 2.50 bits per heavy atom. The Kier molecular flexibility index (Phi) is 6.08. The first kappa shape index (κ1) is 21.8. The van der Waals surface area contributed by atoms with Gasteiger partial charge in [0.1, 0.15) is 0 Å². The van der Waals surface area contributed by atoms with Gasteiger partial charge in [0.25, 0.3) is 5.91 Å². The number of aromatic nitrogens is 3. The highest BCUT2D eigenvalue weighted by atomic mass is 16.2. The van der Waals surface area contributed by atoms with E-state index in [9.17, 15) is 9.59 Å². The molecule has 4 aromatic rings. The largest absolute Gasteiger partial charge is 0.352 e. The molecule has 172 valence electrons. The standard InChI is InChI=1S/C27H27N5O2/c1-19-25-22(27(34)28-15-9-17-31-16-8-14-24(31)33)18-23(20-10-4-2-5-11-20)29-26(25)32(30-19)21-12-6-3-7-13-21/h2-7,10-13,18H,8-9,14-17H2,1H3,(H,28,34). The highest BCUT2D eigenvalue weighted by molar-refractivity contribution is 6.07. The minimum Gasteiger partial charge on any atom is -0.352 e. The van der Waals surface area contributed by atoms with Gasteiger partial charge in [-0.25, -0.2) is 9.67 Å². The molecule has 2 amide bonds. The van der Waals surface area contributed by atoms with E-state index in [4.69, 9.17) is 10.1 Å². The van der Waals surface area contributed by atoms with Gasteiger partial charge in [-0.2, -0.15) is 5.10 Å². The van der Waals surface area contributed by atoms with E-state index < -0.39 is 0 Å². The van der Waals surface area contributed by atoms with Crippen LogP contribution in [0.1, 0.15) is 35.3 Å². The maximum Gasteiger partial charge on any atom is 0.252 e. The quantitative estimate of drug-likeness (QED) is 0.427. The van der Waals surface area contributed by atoms with Crippen LogP contribution in [0.5, 0.6) is 0 Å². The molecule has 34 heavy (non-hydrogen) atoms. The minimum absolute atomic E-state index is 0.159. The van der Waals surface area contributed by atoms with Crippen LogP contribution in [-0.2, 0) is 4.79 Å². The molecule has 1 fully saturated rings. The van der Waals surface area contributed by atoms with Crippen molar-refractivity contribution < 1.29 is 9.59 Å². The zero-order chi connectivity index (χ0) is 23.5. The van der Waals surface area contributed by atoms with E-state index in [0.29, 0.717) is 30.7 Å². The molecular weight excluding hydrogens is 426 g/mol. The van der Waals surface area contributed by atoms with Gasteiger partial charge >= 0.3 is 0 Å². The van der Waals surface area contributed by atoms with Crippen molar-refractivity contribution in [1.29, 1.82) is 0 Å². The van der Waals surface area contributed by atoms with Gasteiger partial charge in [-0.1, -0.05) is 48.5 Å². The highest BCUT2D eigenvalue weighted by Gasteiger charge is 2.22. The fourth-order valence-electron chi connectivity index (χ4n) is 4.48. The lowest BCUT2D eigenvalue weighted by Crippen LogP contribution is -2.30. The molecule has 1 N–H and O–H groups in total. The van der Waals surface area contributed by atoms with Crippen LogP contribution in [0.15, 0.2) is 66.7 Å². The first-order chi connectivity index (χ1) is 16.6. The number of fused-ring (bicyclic) bond motifs is 1. The molecule has 0 saturated carbocycles. The van der Waals surface area contributed by atoms with E-state index in [0.717, 1.165) is 47.4 Å². The average Bonchev–Trinajstić information content (AvgIpc) is 3.44. The lowest BCUT2D eigenvalue weighted by Gasteiger charge is -2.15. The third-order valence-electron chi connectivity index (χ3n) is 6.19. The van der Waals surface area contributed by atoms with Gasteiger partial charge in [-0.05, 0) is 38.0 Å². The molecule has 7 heteroatoms. The highest BCUT2D eigenvalue weighted by Crippen LogP contribution is 2.28. The lowest BCUT2D eigenvalue weighted by molar-refractivity contribution is -0.127. The Hall–Kier alpha value is -4.00. The van der Waals surface area contributed by atoms with E-state index >= 15 is 0 Å². The second-order valence-corrected chi connectivity index (χ2v) is 8.55. The summed E-state index contributed by atoms with van der Waals surface area (Å²) in [5.74, 6) is 0.0478. The van der Waals surface area contributed by atoms with Gasteiger partial charge in [0, 0.05) is 31.6 Å². The second kappa shape index (κ2) is 9.47. The number of carbonyl (C=O) groups excluding carboxylic acids is 2. The summed E-state index contributed by atoms with van der Waals surface area (Å²) in [6.45, 7) is 3.89. The van der Waals surface area contributed by atoms with Gasteiger partial charge in [0.05, 0.1) is 28.0 Å². The molecule has 0 atom stereocenters. The molecule has 1 saturated heterocycles. The monoisotopic (exact) mass is 453 g/mol. The third-order valence-corrected chi connectivity index (χ3v) is 6.19. The fraction of sp³-hybridized carbons (Fsp3) is 0.259. The van der Waals surface area contributed by atoms with Crippen molar-refractivity contribution >= 4 is 22.8 Å². The molecule has 0 unspecified atom stereocenters. The van der Waals surface area contributed by atoms with Crippen LogP contribution in [0.2, 0.25) is 0 Å². The maximum atomic E-state index is 13.3. The fourth-order valence-corrected chi connectivity index (χ4v) is 4.48. The topological polar surface area (TPSA) is 80.1 Å². The number of likely N-dealkylation sites (tertiary alicyclic amines) is 1. The van der Waals surface area contributed by atoms with Gasteiger partial charge in [-0.15, -0.1) is 0 Å². The molecule has 1 aliphatic rings. The number of hydrogen-bond acceptors (Lipinski definition) is 4. The number of aryl methyl sites for hydroxylation is 1. The molecule has 0 bridgehead atoms. The van der Waals surface area contributed by atoms with Gasteiger partial charge < -0.3 is 10.2 Å². The van der Waals surface area contributed by atoms with Gasteiger partial charge in [0.15, 0.2) is 5.65 Å². The van der Waals surface area contributed by atoms with Crippen LogP contribution in [0, 0.1) is 6.92 Å². The van der Waals surface area contributed by atoms with Crippen molar-refractivity contribution in [2.75, 3.05) is 19.6 Å². The summed E-state index contributed by atoms with van der Waals surface area (Å²) in [4.78, 5) is 32.0. The smallest absolute Gasteiger partial charge is 0.252 e. The Balaban J connectivity index is 1.49. The molecule has 7 nitrogen and oxygen atoms in total. The third kappa shape index (κ3) is 4.29. The van der Waals surface area contributed by atoms with E-state index in [1.165, 1.54) is 0 Å². The normalized spacial score (nSPS) is 13.6. The first-order valence-electron chi connectivity index (χ1n) is 11.7. The van der Waals surface area contributed by atoms with Crippen LogP contribution in [0.3, 0.4) is 0 Å². The minimum atomic E-state index is -0.159. The van der Waals surface area contributed by atoms with Crippen molar-refractivity contribution in [2.24, 2.45) is 0 Å². The summed E-state index contributed by atoms with van der Waals surface area (Å²) in [5, 5.41) is 8.51. The molecule has 0 aliphatic carbocycles. The second-order valence-electron chi connectivity index (χ2n) is 8.55. The van der Waals surface area contributed by atoms with Crippen molar-refractivity contribution in [3.8, 4) is 16.9 Å². The summed E-state index contributed by atoms with van der Waals surface area (Å²) >= 11 is 0. The number of para-hydroxylation sites is 1. The molecule has 0 radical (unpaired) electrons. The predicted molar refractivity (Wildman–Crippen MR) is 132 cm³/mol. The number of nitrogens with zero attached hydrogens (tertiary/aromatic N) is 4. The van der Waals surface area contributed by atoms with Crippen molar-refractivity contribution in [3.05, 3.63) is 78.0 Å². The zero-order valence-corrected chi connectivity index (χ0v) is 19.2. The number of hydrogen-bond donors (Lipinski definition) is 1. The van der Waals surface area contributed by atoms with E-state index in [1.807, 2.05) is 78.6 Å². The molecule has 5 rings (SSSR count). The summed E-state index contributed by atoms with van der Waals surface area (Å²) in [6.07, 6.45) is 2.28. The Bertz CT molecular complexity index is 1330. The summed E-state index contributed by atoms with van der Waals surface area (Å²) in [6, 6.07) is 21.5. The number of carbonyl (C=O) groups is 2. The number of rotatable bonds is 7. The molecule has 2 aromatic heterocycles. The van der Waals surface area contributed by atoms with Crippen LogP contribution in [0.25, 0.3) is 28.0 Å². The van der Waals surface area contributed by atoms with Crippen LogP contribution in [-0.4, -0.2) is 51.1 Å². The number of benzene rings is 2. The number of amides is 2. The lowest BCUT2D eigenvalue weighted by atomic mass is 10.0. The summed E-state index contributed by atoms with van der Waals surface area (Å²) in [5.41, 5.74) is 4.50. The molecule has 3 heterocycles. The van der Waals surface area contributed by atoms with Crippen LogP contribution >= 0.6 is 0 Å². The van der Waals surface area contributed by atoms with E-state index in [2.05, 4.69) is 5.32 Å². The van der Waals surface area contributed by atoms with Crippen LogP contribution in [0.4, 0.5) is 0 Å². The molecular formula is C27H27N5O2. The average molecular weight is 454 g/mol. The van der Waals surface area contributed by atoms with Crippen molar-refractivity contribution in [2.45, 2.75) is 26.2 Å². The Morgan fingerprint density at radius 2 is 1.79 bits per heavy atom. The first-order valence-corrected chi connectivity index (χ1v) is 11.7. The maximum absolute atomic E-state index is 13.3. The van der Waals surface area contributed by atoms with Gasteiger partial charge in [0.2, 0.25) is 5.91 Å². The van der Waals surface area contributed by atoms with Crippen molar-refractivity contribution in [1.82, 2.24) is 25.0 Å². The predicted octanol–water partition coefficient (Wildman–Crippen LogP) is 4.14.